The third-order valence-corrected chi connectivity index (χ3v) is 8.07. The van der Waals surface area contributed by atoms with Crippen molar-refractivity contribution in [2.45, 2.75) is 83.0 Å². The molecule has 1 aliphatic rings. The zero-order chi connectivity index (χ0) is 28.2. The number of aryl methyl sites for hydroxylation is 1. The van der Waals surface area contributed by atoms with Crippen LogP contribution in [0.4, 0.5) is 4.39 Å². The van der Waals surface area contributed by atoms with E-state index in [0.29, 0.717) is 30.6 Å². The van der Waals surface area contributed by atoms with Gasteiger partial charge < -0.3 is 9.47 Å². The fourth-order valence-electron chi connectivity index (χ4n) is 5.73. The third kappa shape index (κ3) is 8.55. The lowest BCUT2D eigenvalue weighted by Crippen LogP contribution is -2.12. The fraction of sp³-hybridized carbons (Fsp3) is 0.417. The standard InChI is InChI=1S/C36H43FO3/c1-3-9-27-10-12-31(13-11-27)34-23-20-32(26-35(34)37)30-16-14-28(15-17-30)29-18-21-33(22-19-29)39-24-7-5-6-8-25-40-36(38)4-2/h4,10-13,18-23,26,28,30H,2-3,5-9,14-17,24-25H2,1H3. The maximum atomic E-state index is 15.1. The van der Waals surface area contributed by atoms with Crippen molar-refractivity contribution in [1.29, 1.82) is 0 Å². The smallest absolute Gasteiger partial charge is 0.330 e. The summed E-state index contributed by atoms with van der Waals surface area (Å²) in [5.41, 5.74) is 5.44. The highest BCUT2D eigenvalue weighted by atomic mass is 19.1. The number of ether oxygens (including phenoxy) is 2. The third-order valence-electron chi connectivity index (χ3n) is 8.07. The molecule has 3 aromatic carbocycles. The van der Waals surface area contributed by atoms with Crippen LogP contribution in [0.5, 0.6) is 5.75 Å². The van der Waals surface area contributed by atoms with Gasteiger partial charge in [-0.05, 0) is 110 Å². The van der Waals surface area contributed by atoms with Gasteiger partial charge in [0.2, 0.25) is 0 Å². The highest BCUT2D eigenvalue weighted by Gasteiger charge is 2.24. The molecule has 1 fully saturated rings. The number of benzene rings is 3. The van der Waals surface area contributed by atoms with Gasteiger partial charge in [0.1, 0.15) is 11.6 Å². The Bertz CT molecular complexity index is 1210. The number of halogens is 1. The minimum atomic E-state index is -0.357. The number of hydrogen-bond acceptors (Lipinski definition) is 3. The van der Waals surface area contributed by atoms with E-state index in [1.165, 1.54) is 17.2 Å². The number of esters is 1. The van der Waals surface area contributed by atoms with Crippen molar-refractivity contribution >= 4 is 5.97 Å². The van der Waals surface area contributed by atoms with E-state index < -0.39 is 0 Å². The maximum absolute atomic E-state index is 15.1. The van der Waals surface area contributed by atoms with Crippen LogP contribution in [0, 0.1) is 5.82 Å². The molecule has 0 atom stereocenters. The van der Waals surface area contributed by atoms with Crippen molar-refractivity contribution in [2.24, 2.45) is 0 Å². The van der Waals surface area contributed by atoms with Crippen molar-refractivity contribution in [3.8, 4) is 16.9 Å². The number of carbonyl (C=O) groups is 1. The molecule has 0 amide bonds. The molecule has 212 valence electrons. The Morgan fingerprint density at radius 1 is 0.850 bits per heavy atom. The first kappa shape index (κ1) is 29.6. The summed E-state index contributed by atoms with van der Waals surface area (Å²) in [5, 5.41) is 0. The molecular formula is C36H43FO3. The van der Waals surface area contributed by atoms with Crippen LogP contribution in [0.1, 0.15) is 93.2 Å². The molecule has 0 spiro atoms. The molecule has 0 N–H and O–H groups in total. The van der Waals surface area contributed by atoms with Crippen molar-refractivity contribution < 1.29 is 18.7 Å². The van der Waals surface area contributed by atoms with E-state index in [1.54, 1.807) is 6.07 Å². The van der Waals surface area contributed by atoms with E-state index in [9.17, 15) is 4.79 Å². The van der Waals surface area contributed by atoms with Gasteiger partial charge in [-0.3, -0.25) is 0 Å². The van der Waals surface area contributed by atoms with E-state index in [-0.39, 0.29) is 11.8 Å². The van der Waals surface area contributed by atoms with E-state index in [1.807, 2.05) is 18.2 Å². The normalized spacial score (nSPS) is 16.9. The maximum Gasteiger partial charge on any atom is 0.330 e. The van der Waals surface area contributed by atoms with Crippen LogP contribution < -0.4 is 4.74 Å². The first-order valence-electron chi connectivity index (χ1n) is 15.0. The highest BCUT2D eigenvalue weighted by Crippen LogP contribution is 2.41. The van der Waals surface area contributed by atoms with Crippen molar-refractivity contribution in [1.82, 2.24) is 0 Å². The quantitative estimate of drug-likeness (QED) is 0.116. The molecule has 3 aromatic rings. The lowest BCUT2D eigenvalue weighted by atomic mass is 9.76. The van der Waals surface area contributed by atoms with Gasteiger partial charge in [0.15, 0.2) is 0 Å². The Morgan fingerprint density at radius 3 is 2.10 bits per heavy atom. The number of hydrogen-bond donors (Lipinski definition) is 0. The topological polar surface area (TPSA) is 35.5 Å². The van der Waals surface area contributed by atoms with E-state index in [4.69, 9.17) is 9.47 Å². The fourth-order valence-corrected chi connectivity index (χ4v) is 5.73. The molecule has 1 aliphatic carbocycles. The van der Waals surface area contributed by atoms with E-state index in [2.05, 4.69) is 56.0 Å². The highest BCUT2D eigenvalue weighted by molar-refractivity contribution is 5.81. The van der Waals surface area contributed by atoms with Crippen LogP contribution in [-0.4, -0.2) is 19.2 Å². The predicted molar refractivity (Wildman–Crippen MR) is 161 cm³/mol. The lowest BCUT2D eigenvalue weighted by Gasteiger charge is -2.29. The number of unbranched alkanes of at least 4 members (excludes halogenated alkanes) is 3. The number of rotatable bonds is 14. The Hall–Kier alpha value is -3.40. The minimum Gasteiger partial charge on any atom is -0.494 e. The average Bonchev–Trinajstić information content (AvgIpc) is 2.99. The summed E-state index contributed by atoms with van der Waals surface area (Å²) >= 11 is 0. The first-order chi connectivity index (χ1) is 19.6. The minimum absolute atomic E-state index is 0.118. The molecule has 0 aromatic heterocycles. The monoisotopic (exact) mass is 542 g/mol. The van der Waals surface area contributed by atoms with Gasteiger partial charge in [0.25, 0.3) is 0 Å². The molecule has 3 nitrogen and oxygen atoms in total. The van der Waals surface area contributed by atoms with Crippen LogP contribution in [0.25, 0.3) is 11.1 Å². The average molecular weight is 543 g/mol. The summed E-state index contributed by atoms with van der Waals surface area (Å²) in [6.07, 6.45) is 11.7. The van der Waals surface area contributed by atoms with E-state index in [0.717, 1.165) is 81.1 Å². The second-order valence-electron chi connectivity index (χ2n) is 10.9. The van der Waals surface area contributed by atoms with Gasteiger partial charge in [-0.1, -0.05) is 68.5 Å². The molecular weight excluding hydrogens is 499 g/mol. The molecule has 0 aliphatic heterocycles. The first-order valence-corrected chi connectivity index (χ1v) is 15.0. The van der Waals surface area contributed by atoms with Gasteiger partial charge in [0.05, 0.1) is 13.2 Å². The summed E-state index contributed by atoms with van der Waals surface area (Å²) < 4.78 is 26.0. The largest absolute Gasteiger partial charge is 0.494 e. The summed E-state index contributed by atoms with van der Waals surface area (Å²) in [5.74, 6) is 1.40. The molecule has 0 radical (unpaired) electrons. The summed E-state index contributed by atoms with van der Waals surface area (Å²) in [7, 11) is 0. The van der Waals surface area contributed by atoms with Gasteiger partial charge in [-0.2, -0.15) is 0 Å². The summed E-state index contributed by atoms with van der Waals surface area (Å²) in [6.45, 7) is 6.71. The van der Waals surface area contributed by atoms with Crippen LogP contribution in [-0.2, 0) is 16.0 Å². The van der Waals surface area contributed by atoms with Crippen molar-refractivity contribution in [2.75, 3.05) is 13.2 Å². The molecule has 4 heteroatoms. The van der Waals surface area contributed by atoms with Gasteiger partial charge >= 0.3 is 5.97 Å². The lowest BCUT2D eigenvalue weighted by molar-refractivity contribution is -0.137. The summed E-state index contributed by atoms with van der Waals surface area (Å²) in [6, 6.07) is 22.7. The zero-order valence-electron chi connectivity index (χ0n) is 23.9. The second kappa shape index (κ2) is 15.4. The van der Waals surface area contributed by atoms with Crippen LogP contribution in [0.15, 0.2) is 79.4 Å². The SMILES string of the molecule is C=CC(=O)OCCCCCCOc1ccc(C2CCC(c3ccc(-c4ccc(CCC)cc4)c(F)c3)CC2)cc1. The summed E-state index contributed by atoms with van der Waals surface area (Å²) in [4.78, 5) is 11.0. The zero-order valence-corrected chi connectivity index (χ0v) is 23.9. The van der Waals surface area contributed by atoms with Gasteiger partial charge in [0, 0.05) is 11.6 Å². The molecule has 0 saturated heterocycles. The Morgan fingerprint density at radius 2 is 1.48 bits per heavy atom. The second-order valence-corrected chi connectivity index (χ2v) is 10.9. The number of carbonyl (C=O) groups excluding carboxylic acids is 1. The molecule has 0 heterocycles. The van der Waals surface area contributed by atoms with Crippen LogP contribution in [0.3, 0.4) is 0 Å². The Kier molecular flexibility index (Phi) is 11.4. The van der Waals surface area contributed by atoms with Crippen LogP contribution in [0.2, 0.25) is 0 Å². The van der Waals surface area contributed by atoms with Crippen LogP contribution >= 0.6 is 0 Å². The van der Waals surface area contributed by atoms with E-state index >= 15 is 4.39 Å². The molecule has 1 saturated carbocycles. The molecule has 0 unspecified atom stereocenters. The van der Waals surface area contributed by atoms with Crippen molar-refractivity contribution in [3.63, 3.8) is 0 Å². The van der Waals surface area contributed by atoms with Gasteiger partial charge in [-0.15, -0.1) is 0 Å². The Balaban J connectivity index is 1.19. The molecule has 4 rings (SSSR count). The molecule has 0 bridgehead atoms. The molecule has 40 heavy (non-hydrogen) atoms. The predicted octanol–water partition coefficient (Wildman–Crippen LogP) is 9.55. The van der Waals surface area contributed by atoms with Crippen molar-refractivity contribution in [3.05, 3.63) is 102 Å². The Labute approximate surface area is 239 Å². The van der Waals surface area contributed by atoms with Gasteiger partial charge in [-0.25, -0.2) is 9.18 Å².